The van der Waals surface area contributed by atoms with Gasteiger partial charge in [-0.2, -0.15) is 0 Å². The lowest BCUT2D eigenvalue weighted by Gasteiger charge is -2.42. The third-order valence-electron chi connectivity index (χ3n) is 4.43. The van der Waals surface area contributed by atoms with Gasteiger partial charge in [0, 0.05) is 13.1 Å². The van der Waals surface area contributed by atoms with Crippen molar-refractivity contribution in [2.24, 2.45) is 5.41 Å². The van der Waals surface area contributed by atoms with E-state index >= 15 is 0 Å². The molecule has 1 aliphatic rings. The van der Waals surface area contributed by atoms with Crippen LogP contribution in [0, 0.1) is 5.41 Å². The second-order valence-corrected chi connectivity index (χ2v) is 5.24. The molecule has 0 aromatic rings. The van der Waals surface area contributed by atoms with E-state index in [0.717, 1.165) is 25.9 Å². The van der Waals surface area contributed by atoms with Gasteiger partial charge >= 0.3 is 0 Å². The molecule has 0 spiro atoms. The Morgan fingerprint density at radius 2 is 1.80 bits per heavy atom. The van der Waals surface area contributed by atoms with Crippen LogP contribution in [-0.2, 0) is 0 Å². The summed E-state index contributed by atoms with van der Waals surface area (Å²) in [5.74, 6) is 0. The van der Waals surface area contributed by atoms with Gasteiger partial charge in [0.2, 0.25) is 0 Å². The number of nitrogens with one attached hydrogen (secondary N) is 1. The lowest BCUT2D eigenvalue weighted by Crippen LogP contribution is -2.46. The van der Waals surface area contributed by atoms with E-state index in [0.29, 0.717) is 5.41 Å². The predicted molar refractivity (Wildman–Crippen MR) is 65.0 cm³/mol. The second kappa shape index (κ2) is 5.31. The molecule has 0 aliphatic heterocycles. The molecule has 1 saturated carbocycles. The molecule has 0 unspecified atom stereocenters. The van der Waals surface area contributed by atoms with Crippen LogP contribution in [0.25, 0.3) is 0 Å². The molecule has 0 bridgehead atoms. The smallest absolute Gasteiger partial charge is 0.0766 e. The maximum atomic E-state index is 10.1. The summed E-state index contributed by atoms with van der Waals surface area (Å²) in [7, 11) is 0. The summed E-state index contributed by atoms with van der Waals surface area (Å²) in [5.41, 5.74) is 0.0705. The Morgan fingerprint density at radius 1 is 1.20 bits per heavy atom. The average molecular weight is 213 g/mol. The molecule has 0 atom stereocenters. The zero-order valence-corrected chi connectivity index (χ0v) is 10.6. The van der Waals surface area contributed by atoms with Crippen LogP contribution in [-0.4, -0.2) is 23.8 Å². The van der Waals surface area contributed by atoms with Crippen LogP contribution >= 0.6 is 0 Å². The fraction of sp³-hybridized carbons (Fsp3) is 1.00. The van der Waals surface area contributed by atoms with Crippen molar-refractivity contribution >= 4 is 0 Å². The summed E-state index contributed by atoms with van der Waals surface area (Å²) in [5, 5.41) is 13.6. The minimum Gasteiger partial charge on any atom is -0.389 e. The van der Waals surface area contributed by atoms with E-state index in [1.54, 1.807) is 0 Å². The molecule has 0 saturated heterocycles. The highest BCUT2D eigenvalue weighted by Crippen LogP contribution is 2.43. The van der Waals surface area contributed by atoms with E-state index < -0.39 is 5.60 Å². The monoisotopic (exact) mass is 213 g/mol. The van der Waals surface area contributed by atoms with E-state index in [2.05, 4.69) is 26.1 Å². The Hall–Kier alpha value is -0.0800. The normalized spacial score (nSPS) is 20.0. The van der Waals surface area contributed by atoms with Crippen molar-refractivity contribution in [1.82, 2.24) is 5.32 Å². The second-order valence-electron chi connectivity index (χ2n) is 5.24. The Kier molecular flexibility index (Phi) is 4.60. The first-order valence-electron chi connectivity index (χ1n) is 6.53. The summed E-state index contributed by atoms with van der Waals surface area (Å²) >= 11 is 0. The van der Waals surface area contributed by atoms with Crippen LogP contribution in [0.5, 0.6) is 0 Å². The van der Waals surface area contributed by atoms with Gasteiger partial charge in [0.1, 0.15) is 0 Å². The molecule has 1 aliphatic carbocycles. The highest BCUT2D eigenvalue weighted by molar-refractivity contribution is 4.89. The Balaban J connectivity index is 2.25. The van der Waals surface area contributed by atoms with Crippen LogP contribution in [0.2, 0.25) is 0 Å². The zero-order valence-electron chi connectivity index (χ0n) is 10.6. The minimum absolute atomic E-state index is 0.487. The van der Waals surface area contributed by atoms with Gasteiger partial charge in [0.05, 0.1) is 5.60 Å². The molecule has 1 fully saturated rings. The Morgan fingerprint density at radius 3 is 2.13 bits per heavy atom. The average Bonchev–Trinajstić information content (AvgIpc) is 2.22. The third kappa shape index (κ3) is 3.18. The lowest BCUT2D eigenvalue weighted by atomic mass is 9.67. The summed E-state index contributed by atoms with van der Waals surface area (Å²) in [6.45, 7) is 8.24. The van der Waals surface area contributed by atoms with E-state index in [1.165, 1.54) is 25.7 Å². The van der Waals surface area contributed by atoms with Crippen LogP contribution in [0.15, 0.2) is 0 Å². The number of hydrogen-bond acceptors (Lipinski definition) is 2. The number of hydrogen-bond donors (Lipinski definition) is 2. The first kappa shape index (κ1) is 13.0. The first-order chi connectivity index (χ1) is 7.10. The number of rotatable bonds is 7. The van der Waals surface area contributed by atoms with Gasteiger partial charge in [-0.25, -0.2) is 0 Å². The van der Waals surface area contributed by atoms with Gasteiger partial charge in [-0.05, 0) is 37.5 Å². The molecule has 2 N–H and O–H groups in total. The quantitative estimate of drug-likeness (QED) is 0.681. The molecule has 0 radical (unpaired) electrons. The van der Waals surface area contributed by atoms with Crippen molar-refractivity contribution in [2.45, 2.75) is 64.9 Å². The molecule has 90 valence electrons. The predicted octanol–water partition coefficient (Wildman–Crippen LogP) is 2.71. The maximum Gasteiger partial charge on any atom is 0.0766 e. The van der Waals surface area contributed by atoms with Crippen molar-refractivity contribution in [3.8, 4) is 0 Å². The van der Waals surface area contributed by atoms with Gasteiger partial charge in [-0.1, -0.05) is 27.2 Å². The fourth-order valence-corrected chi connectivity index (χ4v) is 2.39. The topological polar surface area (TPSA) is 32.3 Å². The molecular formula is C13H27NO. The Labute approximate surface area is 94.5 Å². The summed E-state index contributed by atoms with van der Waals surface area (Å²) in [4.78, 5) is 0. The highest BCUT2D eigenvalue weighted by atomic mass is 16.3. The summed E-state index contributed by atoms with van der Waals surface area (Å²) < 4.78 is 0. The maximum absolute atomic E-state index is 10.1. The van der Waals surface area contributed by atoms with Crippen molar-refractivity contribution in [1.29, 1.82) is 0 Å². The zero-order chi connectivity index (χ0) is 11.4. The molecule has 0 amide bonds. The van der Waals surface area contributed by atoms with Crippen LogP contribution in [0.4, 0.5) is 0 Å². The SMILES string of the molecule is CCC(O)(CC)CNCC1(CC)CCC1. The van der Waals surface area contributed by atoms with E-state index in [4.69, 9.17) is 0 Å². The van der Waals surface area contributed by atoms with Crippen molar-refractivity contribution in [3.63, 3.8) is 0 Å². The standard InChI is InChI=1S/C13H27NO/c1-4-12(8-7-9-12)10-14-11-13(15,5-2)6-3/h14-15H,4-11H2,1-3H3. The van der Waals surface area contributed by atoms with Gasteiger partial charge in [-0.15, -0.1) is 0 Å². The molecule has 0 heterocycles. The number of aliphatic hydroxyl groups is 1. The van der Waals surface area contributed by atoms with Gasteiger partial charge in [-0.3, -0.25) is 0 Å². The van der Waals surface area contributed by atoms with E-state index in [9.17, 15) is 5.11 Å². The van der Waals surface area contributed by atoms with Crippen molar-refractivity contribution in [3.05, 3.63) is 0 Å². The molecule has 2 heteroatoms. The van der Waals surface area contributed by atoms with Gasteiger partial charge in [0.15, 0.2) is 0 Å². The lowest BCUT2D eigenvalue weighted by molar-refractivity contribution is 0.0249. The van der Waals surface area contributed by atoms with Crippen LogP contribution in [0.1, 0.15) is 59.3 Å². The molecule has 2 nitrogen and oxygen atoms in total. The molecule has 0 aromatic heterocycles. The van der Waals surface area contributed by atoms with Gasteiger partial charge in [0.25, 0.3) is 0 Å². The minimum atomic E-state index is -0.487. The van der Waals surface area contributed by atoms with Crippen molar-refractivity contribution < 1.29 is 5.11 Å². The van der Waals surface area contributed by atoms with Crippen molar-refractivity contribution in [2.75, 3.05) is 13.1 Å². The Bertz CT molecular complexity index is 165. The fourth-order valence-electron chi connectivity index (χ4n) is 2.39. The first-order valence-corrected chi connectivity index (χ1v) is 6.53. The largest absolute Gasteiger partial charge is 0.389 e. The summed E-state index contributed by atoms with van der Waals surface area (Å²) in [6.07, 6.45) is 7.09. The van der Waals surface area contributed by atoms with Crippen LogP contribution in [0.3, 0.4) is 0 Å². The van der Waals surface area contributed by atoms with E-state index in [-0.39, 0.29) is 0 Å². The molecule has 0 aromatic carbocycles. The van der Waals surface area contributed by atoms with E-state index in [1.807, 2.05) is 0 Å². The molecular weight excluding hydrogens is 186 g/mol. The van der Waals surface area contributed by atoms with Crippen LogP contribution < -0.4 is 5.32 Å². The highest BCUT2D eigenvalue weighted by Gasteiger charge is 2.35. The molecule has 1 rings (SSSR count). The third-order valence-corrected chi connectivity index (χ3v) is 4.43. The molecule has 15 heavy (non-hydrogen) atoms. The summed E-state index contributed by atoms with van der Waals surface area (Å²) in [6, 6.07) is 0. The van der Waals surface area contributed by atoms with Gasteiger partial charge < -0.3 is 10.4 Å².